The Morgan fingerprint density at radius 1 is 1.06 bits per heavy atom. The molecule has 0 saturated carbocycles. The van der Waals surface area contributed by atoms with Crippen LogP contribution in [-0.4, -0.2) is 30.5 Å². The van der Waals surface area contributed by atoms with Gasteiger partial charge in [0.1, 0.15) is 5.75 Å². The first-order valence-corrected chi connectivity index (χ1v) is 10.9. The number of carbonyl (C=O) groups excluding carboxylic acids is 3. The summed E-state index contributed by atoms with van der Waals surface area (Å²) < 4.78 is 6.18. The van der Waals surface area contributed by atoms with E-state index >= 15 is 0 Å². The number of hydrogen-bond acceptors (Lipinski definition) is 5. The number of hydrogen-bond donors (Lipinski definition) is 2. The molecule has 2 N–H and O–H groups in total. The maximum absolute atomic E-state index is 12.5. The fraction of sp³-hybridized carbons (Fsp3) is 0.0833. The van der Waals surface area contributed by atoms with Crippen molar-refractivity contribution >= 4 is 51.5 Å². The van der Waals surface area contributed by atoms with Gasteiger partial charge in [0.05, 0.1) is 23.3 Å². The molecule has 168 valence electrons. The van der Waals surface area contributed by atoms with Gasteiger partial charge in [-0.2, -0.15) is 5.10 Å². The highest BCUT2D eigenvalue weighted by Gasteiger charge is 2.14. The van der Waals surface area contributed by atoms with E-state index in [0.29, 0.717) is 11.1 Å². The third-order valence-electron chi connectivity index (χ3n) is 4.35. The largest absolute Gasteiger partial charge is 0.422 e. The Balaban J connectivity index is 1.60. The molecule has 0 unspecified atom stereocenters. The van der Waals surface area contributed by atoms with E-state index in [1.54, 1.807) is 60.7 Å². The second kappa shape index (κ2) is 11.4. The molecule has 0 fully saturated rings. The van der Waals surface area contributed by atoms with Gasteiger partial charge in [0, 0.05) is 15.6 Å². The van der Waals surface area contributed by atoms with Gasteiger partial charge >= 0.3 is 5.97 Å². The molecule has 0 aromatic heterocycles. The molecule has 33 heavy (non-hydrogen) atoms. The summed E-state index contributed by atoms with van der Waals surface area (Å²) >= 11 is 9.41. The van der Waals surface area contributed by atoms with Gasteiger partial charge in [-0.15, -0.1) is 0 Å². The number of ether oxygens (including phenoxy) is 1. The van der Waals surface area contributed by atoms with Crippen molar-refractivity contribution < 1.29 is 19.1 Å². The highest BCUT2D eigenvalue weighted by atomic mass is 79.9. The van der Waals surface area contributed by atoms with E-state index in [0.717, 1.165) is 10.0 Å². The average Bonchev–Trinajstić information content (AvgIpc) is 2.79. The minimum Gasteiger partial charge on any atom is -0.422 e. The second-order valence-electron chi connectivity index (χ2n) is 6.90. The van der Waals surface area contributed by atoms with Crippen LogP contribution in [0, 0.1) is 6.92 Å². The van der Waals surface area contributed by atoms with Crippen molar-refractivity contribution in [1.29, 1.82) is 0 Å². The van der Waals surface area contributed by atoms with E-state index in [1.165, 1.54) is 6.21 Å². The van der Waals surface area contributed by atoms with E-state index in [-0.39, 0.29) is 28.8 Å². The van der Waals surface area contributed by atoms with E-state index in [2.05, 4.69) is 31.8 Å². The minimum absolute atomic E-state index is 0.225. The molecular weight excluding hydrogens is 510 g/mol. The Kier molecular flexibility index (Phi) is 8.34. The molecule has 0 aliphatic heterocycles. The lowest BCUT2D eigenvalue weighted by Gasteiger charge is -2.09. The highest BCUT2D eigenvalue weighted by Crippen LogP contribution is 2.24. The maximum atomic E-state index is 12.5. The van der Waals surface area contributed by atoms with Gasteiger partial charge < -0.3 is 10.1 Å². The number of amides is 2. The molecular formula is C24H19BrClN3O4. The number of esters is 1. The standard InChI is InChI=1S/C24H19BrClN3O4/c1-15-5-4-6-16(11-15)23(31)27-14-22(30)29-28-13-17-12-18(25)9-10-21(17)33-24(32)19-7-2-3-8-20(19)26/h2-13H,14H2,1H3,(H,27,31)(H,29,30)/b28-13+. The van der Waals surface area contributed by atoms with Gasteiger partial charge in [-0.25, -0.2) is 10.2 Å². The Labute approximate surface area is 203 Å². The molecule has 7 nitrogen and oxygen atoms in total. The summed E-state index contributed by atoms with van der Waals surface area (Å²) in [7, 11) is 0. The van der Waals surface area contributed by atoms with Gasteiger partial charge in [-0.05, 0) is 49.4 Å². The first-order chi connectivity index (χ1) is 15.8. The molecule has 0 aliphatic carbocycles. The molecule has 0 heterocycles. The predicted octanol–water partition coefficient (Wildman–Crippen LogP) is 4.51. The monoisotopic (exact) mass is 527 g/mol. The van der Waals surface area contributed by atoms with Crippen LogP contribution in [0.2, 0.25) is 5.02 Å². The van der Waals surface area contributed by atoms with Crippen LogP contribution in [0.25, 0.3) is 0 Å². The zero-order chi connectivity index (χ0) is 23.8. The van der Waals surface area contributed by atoms with Gasteiger partial charge in [0.15, 0.2) is 0 Å². The molecule has 0 bridgehead atoms. The Morgan fingerprint density at radius 3 is 2.61 bits per heavy atom. The summed E-state index contributed by atoms with van der Waals surface area (Å²) in [5.74, 6) is -1.27. The van der Waals surface area contributed by atoms with E-state index in [1.807, 2.05) is 13.0 Å². The van der Waals surface area contributed by atoms with Crippen molar-refractivity contribution in [3.8, 4) is 5.75 Å². The summed E-state index contributed by atoms with van der Waals surface area (Å²) in [5, 5.41) is 6.70. The van der Waals surface area contributed by atoms with Gasteiger partial charge in [-0.1, -0.05) is 57.4 Å². The molecule has 9 heteroatoms. The van der Waals surface area contributed by atoms with Gasteiger partial charge in [0.2, 0.25) is 0 Å². The van der Waals surface area contributed by atoms with Gasteiger partial charge in [0.25, 0.3) is 11.8 Å². The lowest BCUT2D eigenvalue weighted by atomic mass is 10.1. The van der Waals surface area contributed by atoms with Crippen molar-refractivity contribution in [2.75, 3.05) is 6.54 Å². The van der Waals surface area contributed by atoms with Crippen molar-refractivity contribution in [2.24, 2.45) is 5.10 Å². The SMILES string of the molecule is Cc1cccc(C(=O)NCC(=O)N/N=C/c2cc(Br)ccc2OC(=O)c2ccccc2Cl)c1. The van der Waals surface area contributed by atoms with E-state index in [4.69, 9.17) is 16.3 Å². The number of carbonyl (C=O) groups is 3. The zero-order valence-corrected chi connectivity index (χ0v) is 19.8. The first-order valence-electron chi connectivity index (χ1n) is 9.76. The van der Waals surface area contributed by atoms with Crippen LogP contribution < -0.4 is 15.5 Å². The van der Waals surface area contributed by atoms with Gasteiger partial charge in [-0.3, -0.25) is 9.59 Å². The summed E-state index contributed by atoms with van der Waals surface area (Å²) in [6, 6.07) is 18.5. The Bertz CT molecular complexity index is 1230. The maximum Gasteiger partial charge on any atom is 0.345 e. The van der Waals surface area contributed by atoms with Crippen LogP contribution in [0.5, 0.6) is 5.75 Å². The topological polar surface area (TPSA) is 96.9 Å². The van der Waals surface area contributed by atoms with Crippen LogP contribution in [0.15, 0.2) is 76.3 Å². The fourth-order valence-corrected chi connectivity index (χ4v) is 3.35. The lowest BCUT2D eigenvalue weighted by molar-refractivity contribution is -0.120. The summed E-state index contributed by atoms with van der Waals surface area (Å²) in [5.41, 5.74) is 4.40. The molecule has 0 spiro atoms. The molecule has 2 amide bonds. The first kappa shape index (κ1) is 24.2. The zero-order valence-electron chi connectivity index (χ0n) is 17.5. The number of benzene rings is 3. The van der Waals surface area contributed by atoms with Crippen molar-refractivity contribution in [1.82, 2.24) is 10.7 Å². The summed E-state index contributed by atoms with van der Waals surface area (Å²) in [6.45, 7) is 1.62. The molecule has 3 aromatic carbocycles. The fourth-order valence-electron chi connectivity index (χ4n) is 2.76. The average molecular weight is 529 g/mol. The van der Waals surface area contributed by atoms with Crippen LogP contribution in [0.1, 0.15) is 31.8 Å². The van der Waals surface area contributed by atoms with Crippen molar-refractivity contribution in [3.05, 3.63) is 98.5 Å². The van der Waals surface area contributed by atoms with Crippen LogP contribution in [-0.2, 0) is 4.79 Å². The number of nitrogens with one attached hydrogen (secondary N) is 2. The molecule has 0 saturated heterocycles. The highest BCUT2D eigenvalue weighted by molar-refractivity contribution is 9.10. The Morgan fingerprint density at radius 2 is 1.85 bits per heavy atom. The van der Waals surface area contributed by atoms with Crippen LogP contribution in [0.3, 0.4) is 0 Å². The number of aryl methyl sites for hydroxylation is 1. The Hall–Kier alpha value is -3.49. The van der Waals surface area contributed by atoms with Crippen LogP contribution >= 0.6 is 27.5 Å². The summed E-state index contributed by atoms with van der Waals surface area (Å²) in [4.78, 5) is 36.6. The molecule has 0 atom stereocenters. The third-order valence-corrected chi connectivity index (χ3v) is 5.17. The second-order valence-corrected chi connectivity index (χ2v) is 8.22. The van der Waals surface area contributed by atoms with Crippen molar-refractivity contribution in [2.45, 2.75) is 6.92 Å². The van der Waals surface area contributed by atoms with Crippen LogP contribution in [0.4, 0.5) is 0 Å². The molecule has 3 rings (SSSR count). The summed E-state index contributed by atoms with van der Waals surface area (Å²) in [6.07, 6.45) is 1.33. The molecule has 3 aromatic rings. The smallest absolute Gasteiger partial charge is 0.345 e. The predicted molar refractivity (Wildman–Crippen MR) is 130 cm³/mol. The molecule has 0 aliphatic rings. The van der Waals surface area contributed by atoms with E-state index < -0.39 is 11.9 Å². The minimum atomic E-state index is -0.625. The van der Waals surface area contributed by atoms with E-state index in [9.17, 15) is 14.4 Å². The molecule has 0 radical (unpaired) electrons. The number of rotatable bonds is 7. The van der Waals surface area contributed by atoms with Crippen molar-refractivity contribution in [3.63, 3.8) is 0 Å². The normalized spacial score (nSPS) is 10.6. The number of halogens is 2. The quantitative estimate of drug-likeness (QED) is 0.204. The third kappa shape index (κ3) is 7.00. The number of hydrazone groups is 1. The number of nitrogens with zero attached hydrogens (tertiary/aromatic N) is 1. The lowest BCUT2D eigenvalue weighted by Crippen LogP contribution is -2.34.